The Balaban J connectivity index is 4.00. The zero-order chi connectivity index (χ0) is 13.4. The zero-order valence-corrected chi connectivity index (χ0v) is 11.1. The molecule has 0 radical (unpaired) electrons. The van der Waals surface area contributed by atoms with Gasteiger partial charge in [0.1, 0.15) is 6.04 Å². The summed E-state index contributed by atoms with van der Waals surface area (Å²) in [6.07, 6.45) is 1.32. The van der Waals surface area contributed by atoms with Crippen molar-refractivity contribution in [1.29, 1.82) is 0 Å². The molecule has 2 amide bonds. The summed E-state index contributed by atoms with van der Waals surface area (Å²) in [5, 5.41) is 14.1. The highest BCUT2D eigenvalue weighted by Crippen LogP contribution is 2.04. The maximum absolute atomic E-state index is 11.4. The Morgan fingerprint density at radius 1 is 1.12 bits per heavy atom. The third-order valence-electron chi connectivity index (χ3n) is 2.32. The first-order valence-corrected chi connectivity index (χ1v) is 6.10. The third-order valence-corrected chi connectivity index (χ3v) is 2.32. The van der Waals surface area contributed by atoms with Crippen molar-refractivity contribution in [3.8, 4) is 0 Å². The molecule has 5 heteroatoms. The van der Waals surface area contributed by atoms with E-state index in [9.17, 15) is 9.59 Å². The van der Waals surface area contributed by atoms with Crippen LogP contribution in [0.2, 0.25) is 0 Å². The minimum absolute atomic E-state index is 0.229. The minimum Gasteiger partial charge on any atom is -0.480 e. The summed E-state index contributed by atoms with van der Waals surface area (Å²) in [6.45, 7) is 8.55. The molecule has 0 aromatic rings. The molecule has 1 atom stereocenters. The summed E-state index contributed by atoms with van der Waals surface area (Å²) < 4.78 is 0. The van der Waals surface area contributed by atoms with Gasteiger partial charge in [-0.3, -0.25) is 0 Å². The molecule has 0 unspecified atom stereocenters. The normalized spacial score (nSPS) is 12.6. The first-order chi connectivity index (χ1) is 7.82. The van der Waals surface area contributed by atoms with E-state index in [1.807, 2.05) is 13.8 Å². The highest BCUT2D eigenvalue weighted by molar-refractivity contribution is 5.82. The number of rotatable bonds is 7. The van der Waals surface area contributed by atoms with Crippen LogP contribution >= 0.6 is 0 Å². The summed E-state index contributed by atoms with van der Waals surface area (Å²) in [4.78, 5) is 22.3. The van der Waals surface area contributed by atoms with E-state index in [1.54, 1.807) is 0 Å². The van der Waals surface area contributed by atoms with Crippen molar-refractivity contribution in [3.63, 3.8) is 0 Å². The molecular formula is C12H24N2O3. The van der Waals surface area contributed by atoms with Gasteiger partial charge >= 0.3 is 12.0 Å². The van der Waals surface area contributed by atoms with Gasteiger partial charge in [-0.05, 0) is 24.7 Å². The van der Waals surface area contributed by atoms with E-state index in [2.05, 4.69) is 24.5 Å². The van der Waals surface area contributed by atoms with E-state index in [0.717, 1.165) is 6.42 Å². The predicted molar refractivity (Wildman–Crippen MR) is 66.9 cm³/mol. The van der Waals surface area contributed by atoms with Gasteiger partial charge in [0.15, 0.2) is 0 Å². The van der Waals surface area contributed by atoms with Gasteiger partial charge in [0.2, 0.25) is 0 Å². The van der Waals surface area contributed by atoms with Gasteiger partial charge in [0.25, 0.3) is 0 Å². The van der Waals surface area contributed by atoms with E-state index in [-0.39, 0.29) is 5.92 Å². The number of aliphatic carboxylic acids is 1. The highest BCUT2D eigenvalue weighted by Gasteiger charge is 2.20. The van der Waals surface area contributed by atoms with E-state index in [1.165, 1.54) is 0 Å². The Hall–Kier alpha value is -1.26. The fraction of sp³-hybridized carbons (Fsp3) is 0.833. The lowest BCUT2D eigenvalue weighted by Crippen LogP contribution is -2.46. The van der Waals surface area contributed by atoms with Gasteiger partial charge < -0.3 is 15.7 Å². The van der Waals surface area contributed by atoms with E-state index in [0.29, 0.717) is 18.9 Å². The smallest absolute Gasteiger partial charge is 0.326 e. The van der Waals surface area contributed by atoms with Crippen molar-refractivity contribution in [2.24, 2.45) is 11.8 Å². The second-order valence-electron chi connectivity index (χ2n) is 5.10. The van der Waals surface area contributed by atoms with Crippen molar-refractivity contribution >= 4 is 12.0 Å². The standard InChI is InChI=1S/C12H24N2O3/c1-8(2)5-6-13-12(17)14-10(11(15)16)7-9(3)4/h8-10H,5-7H2,1-4H3,(H,15,16)(H2,13,14,17)/t10-/m0/s1. The average Bonchev–Trinajstić information content (AvgIpc) is 2.15. The van der Waals surface area contributed by atoms with Gasteiger partial charge in [-0.2, -0.15) is 0 Å². The zero-order valence-electron chi connectivity index (χ0n) is 11.1. The Bertz CT molecular complexity index is 252. The molecule has 0 aromatic heterocycles. The molecule has 0 aliphatic heterocycles. The van der Waals surface area contributed by atoms with Crippen molar-refractivity contribution in [3.05, 3.63) is 0 Å². The molecule has 0 fully saturated rings. The van der Waals surface area contributed by atoms with Crippen LogP contribution in [-0.2, 0) is 4.79 Å². The highest BCUT2D eigenvalue weighted by atomic mass is 16.4. The van der Waals surface area contributed by atoms with Crippen LogP contribution in [0.5, 0.6) is 0 Å². The van der Waals surface area contributed by atoms with Crippen LogP contribution in [0.3, 0.4) is 0 Å². The molecule has 0 aromatic carbocycles. The van der Waals surface area contributed by atoms with Crippen molar-refractivity contribution in [2.75, 3.05) is 6.54 Å². The monoisotopic (exact) mass is 244 g/mol. The van der Waals surface area contributed by atoms with Gasteiger partial charge in [-0.15, -0.1) is 0 Å². The van der Waals surface area contributed by atoms with Gasteiger partial charge in [-0.25, -0.2) is 9.59 Å². The van der Waals surface area contributed by atoms with Crippen LogP contribution < -0.4 is 10.6 Å². The van der Waals surface area contributed by atoms with Crippen LogP contribution in [0.4, 0.5) is 4.79 Å². The van der Waals surface area contributed by atoms with Crippen molar-refractivity contribution in [2.45, 2.75) is 46.6 Å². The number of amides is 2. The molecule has 0 bridgehead atoms. The number of carboxylic acid groups (broad SMARTS) is 1. The maximum atomic E-state index is 11.4. The van der Waals surface area contributed by atoms with Crippen LogP contribution in [0, 0.1) is 11.8 Å². The molecule has 5 nitrogen and oxygen atoms in total. The van der Waals surface area contributed by atoms with Crippen molar-refractivity contribution < 1.29 is 14.7 Å². The minimum atomic E-state index is -0.988. The fourth-order valence-corrected chi connectivity index (χ4v) is 1.38. The molecule has 0 aliphatic carbocycles. The second kappa shape index (κ2) is 7.92. The Morgan fingerprint density at radius 2 is 1.71 bits per heavy atom. The lowest BCUT2D eigenvalue weighted by Gasteiger charge is -2.17. The van der Waals surface area contributed by atoms with Crippen LogP contribution in [0.15, 0.2) is 0 Å². The summed E-state index contributed by atoms with van der Waals surface area (Å²) in [7, 11) is 0. The molecule has 17 heavy (non-hydrogen) atoms. The summed E-state index contributed by atoms with van der Waals surface area (Å²) >= 11 is 0. The molecule has 0 spiro atoms. The maximum Gasteiger partial charge on any atom is 0.326 e. The summed E-state index contributed by atoms with van der Waals surface area (Å²) in [6, 6.07) is -1.22. The lowest BCUT2D eigenvalue weighted by molar-refractivity contribution is -0.139. The van der Waals surface area contributed by atoms with Crippen molar-refractivity contribution in [1.82, 2.24) is 10.6 Å². The number of urea groups is 1. The number of carbonyl (C=O) groups is 2. The molecule has 0 aliphatic rings. The number of hydrogen-bond acceptors (Lipinski definition) is 2. The summed E-state index contributed by atoms with van der Waals surface area (Å²) in [5.74, 6) is -0.244. The van der Waals surface area contributed by atoms with Crippen LogP contribution in [0.1, 0.15) is 40.5 Å². The van der Waals surface area contributed by atoms with Gasteiger partial charge in [-0.1, -0.05) is 27.7 Å². The van der Waals surface area contributed by atoms with Crippen LogP contribution in [-0.4, -0.2) is 29.7 Å². The molecule has 0 saturated heterocycles. The molecule has 0 heterocycles. The molecule has 0 saturated carbocycles. The predicted octanol–water partition coefficient (Wildman–Crippen LogP) is 1.83. The number of nitrogens with one attached hydrogen (secondary N) is 2. The molecule has 3 N–H and O–H groups in total. The Morgan fingerprint density at radius 3 is 2.12 bits per heavy atom. The molecule has 0 rings (SSSR count). The Kier molecular flexibility index (Phi) is 7.34. The van der Waals surface area contributed by atoms with E-state index in [4.69, 9.17) is 5.11 Å². The molecular weight excluding hydrogens is 220 g/mol. The first kappa shape index (κ1) is 15.7. The fourth-order valence-electron chi connectivity index (χ4n) is 1.38. The SMILES string of the molecule is CC(C)CCNC(=O)N[C@@H](CC(C)C)C(=O)O. The largest absolute Gasteiger partial charge is 0.480 e. The third kappa shape index (κ3) is 8.54. The average molecular weight is 244 g/mol. The van der Waals surface area contributed by atoms with Gasteiger partial charge in [0, 0.05) is 6.54 Å². The lowest BCUT2D eigenvalue weighted by atomic mass is 10.0. The number of hydrogen-bond donors (Lipinski definition) is 3. The van der Waals surface area contributed by atoms with E-state index < -0.39 is 18.0 Å². The number of carboxylic acids is 1. The quantitative estimate of drug-likeness (QED) is 0.639. The van der Waals surface area contributed by atoms with Crippen LogP contribution in [0.25, 0.3) is 0 Å². The van der Waals surface area contributed by atoms with E-state index >= 15 is 0 Å². The number of carbonyl (C=O) groups excluding carboxylic acids is 1. The second-order valence-corrected chi connectivity index (χ2v) is 5.10. The van der Waals surface area contributed by atoms with Gasteiger partial charge in [0.05, 0.1) is 0 Å². The first-order valence-electron chi connectivity index (χ1n) is 6.10. The topological polar surface area (TPSA) is 78.4 Å². The summed E-state index contributed by atoms with van der Waals surface area (Å²) in [5.41, 5.74) is 0. The Labute approximate surface area is 103 Å². The molecule has 100 valence electrons.